The molecule has 0 saturated heterocycles. The lowest BCUT2D eigenvalue weighted by atomic mass is 10.1. The molecule has 0 aliphatic rings. The van der Waals surface area contributed by atoms with Crippen molar-refractivity contribution in [3.63, 3.8) is 0 Å². The summed E-state index contributed by atoms with van der Waals surface area (Å²) in [6.45, 7) is 3.78. The normalized spacial score (nSPS) is 11.3. The number of anilines is 1. The summed E-state index contributed by atoms with van der Waals surface area (Å²) in [5.74, 6) is 1.73. The molecule has 90 valence electrons. The smallest absolute Gasteiger partial charge is 0.226 e. The summed E-state index contributed by atoms with van der Waals surface area (Å²) in [4.78, 5) is 8.41. The van der Waals surface area contributed by atoms with Crippen LogP contribution in [-0.4, -0.2) is 34.4 Å². The molecule has 0 spiro atoms. The molecule has 0 aliphatic carbocycles. The Balaban J connectivity index is 2.92. The molecule has 1 rings (SSSR count). The van der Waals surface area contributed by atoms with Crippen molar-refractivity contribution in [2.24, 2.45) is 0 Å². The molecule has 1 N–H and O–H groups in total. The van der Waals surface area contributed by atoms with Gasteiger partial charge in [-0.15, -0.1) is 23.2 Å². The van der Waals surface area contributed by atoms with Gasteiger partial charge in [0.1, 0.15) is 0 Å². The predicted octanol–water partition coefficient (Wildman–Crippen LogP) is 2.44. The predicted molar refractivity (Wildman–Crippen MR) is 66.8 cm³/mol. The fraction of sp³-hybridized carbons (Fsp3) is 0.600. The van der Waals surface area contributed by atoms with Crippen LogP contribution in [0.1, 0.15) is 12.6 Å². The SMILES string of the molecule is COc1cc(C)nc(NC(C)(CCl)CCl)n1. The van der Waals surface area contributed by atoms with Crippen LogP contribution >= 0.6 is 23.2 Å². The Labute approximate surface area is 105 Å². The fourth-order valence-electron chi connectivity index (χ4n) is 1.07. The third-order valence-electron chi connectivity index (χ3n) is 2.04. The maximum Gasteiger partial charge on any atom is 0.226 e. The molecule has 16 heavy (non-hydrogen) atoms. The number of alkyl halides is 2. The van der Waals surface area contributed by atoms with Crippen molar-refractivity contribution in [2.75, 3.05) is 24.2 Å². The van der Waals surface area contributed by atoms with Gasteiger partial charge in [0.15, 0.2) is 0 Å². The summed E-state index contributed by atoms with van der Waals surface area (Å²) < 4.78 is 5.06. The third kappa shape index (κ3) is 3.39. The molecule has 0 aromatic carbocycles. The van der Waals surface area contributed by atoms with Crippen LogP contribution in [0.5, 0.6) is 5.88 Å². The standard InChI is InChI=1S/C10H15Cl2N3O/c1-7-4-8(16-3)14-9(13-7)15-10(2,5-11)6-12/h4H,5-6H2,1-3H3,(H,13,14,15). The van der Waals surface area contributed by atoms with Gasteiger partial charge in [-0.1, -0.05) is 0 Å². The van der Waals surface area contributed by atoms with Crippen molar-refractivity contribution in [1.82, 2.24) is 9.97 Å². The van der Waals surface area contributed by atoms with Crippen molar-refractivity contribution in [1.29, 1.82) is 0 Å². The quantitative estimate of drug-likeness (QED) is 0.830. The number of aromatic nitrogens is 2. The van der Waals surface area contributed by atoms with E-state index in [0.717, 1.165) is 5.69 Å². The van der Waals surface area contributed by atoms with Crippen molar-refractivity contribution in [2.45, 2.75) is 19.4 Å². The molecule has 4 nitrogen and oxygen atoms in total. The van der Waals surface area contributed by atoms with Gasteiger partial charge in [0.05, 0.1) is 12.6 Å². The van der Waals surface area contributed by atoms with E-state index in [9.17, 15) is 0 Å². The van der Waals surface area contributed by atoms with Crippen molar-refractivity contribution < 1.29 is 4.74 Å². The summed E-state index contributed by atoms with van der Waals surface area (Å²) in [5, 5.41) is 3.10. The summed E-state index contributed by atoms with van der Waals surface area (Å²) in [6, 6.07) is 1.75. The number of halogens is 2. The minimum absolute atomic E-state index is 0.371. The van der Waals surface area contributed by atoms with Crippen LogP contribution in [0.4, 0.5) is 5.95 Å². The number of ether oxygens (including phenoxy) is 1. The maximum absolute atomic E-state index is 5.84. The van der Waals surface area contributed by atoms with E-state index >= 15 is 0 Å². The van der Waals surface area contributed by atoms with E-state index in [1.165, 1.54) is 0 Å². The highest BCUT2D eigenvalue weighted by molar-refractivity contribution is 6.22. The Morgan fingerprint density at radius 2 is 2.00 bits per heavy atom. The second-order valence-electron chi connectivity index (χ2n) is 3.83. The van der Waals surface area contributed by atoms with Gasteiger partial charge in [-0.05, 0) is 13.8 Å². The van der Waals surface area contributed by atoms with Crippen LogP contribution in [0.3, 0.4) is 0 Å². The minimum atomic E-state index is -0.429. The van der Waals surface area contributed by atoms with Crippen LogP contribution in [0.25, 0.3) is 0 Å². The fourth-order valence-corrected chi connectivity index (χ4v) is 1.49. The summed E-state index contributed by atoms with van der Waals surface area (Å²) in [5.41, 5.74) is 0.392. The van der Waals surface area contributed by atoms with Crippen molar-refractivity contribution in [3.05, 3.63) is 11.8 Å². The zero-order valence-corrected chi connectivity index (χ0v) is 11.1. The van der Waals surface area contributed by atoms with E-state index in [1.807, 2.05) is 13.8 Å². The van der Waals surface area contributed by atoms with Crippen LogP contribution in [0, 0.1) is 6.92 Å². The zero-order valence-electron chi connectivity index (χ0n) is 9.55. The first-order valence-corrected chi connectivity index (χ1v) is 5.89. The van der Waals surface area contributed by atoms with E-state index in [0.29, 0.717) is 23.6 Å². The summed E-state index contributed by atoms with van der Waals surface area (Å²) in [7, 11) is 1.56. The Morgan fingerprint density at radius 3 is 2.50 bits per heavy atom. The molecule has 6 heteroatoms. The highest BCUT2D eigenvalue weighted by Crippen LogP contribution is 2.18. The summed E-state index contributed by atoms with van der Waals surface area (Å²) >= 11 is 11.7. The van der Waals surface area contributed by atoms with Crippen LogP contribution in [-0.2, 0) is 0 Å². The highest BCUT2D eigenvalue weighted by atomic mass is 35.5. The maximum atomic E-state index is 5.84. The first kappa shape index (κ1) is 13.3. The largest absolute Gasteiger partial charge is 0.481 e. The Morgan fingerprint density at radius 1 is 1.38 bits per heavy atom. The molecule has 0 fully saturated rings. The van der Waals surface area contributed by atoms with Gasteiger partial charge < -0.3 is 10.1 Å². The van der Waals surface area contributed by atoms with E-state index < -0.39 is 5.54 Å². The molecule has 0 saturated carbocycles. The van der Waals surface area contributed by atoms with Crippen LogP contribution in [0.15, 0.2) is 6.07 Å². The monoisotopic (exact) mass is 263 g/mol. The molecular weight excluding hydrogens is 249 g/mol. The third-order valence-corrected chi connectivity index (χ3v) is 3.22. The van der Waals surface area contributed by atoms with E-state index in [-0.39, 0.29) is 0 Å². The highest BCUT2D eigenvalue weighted by Gasteiger charge is 2.23. The van der Waals surface area contributed by atoms with Crippen LogP contribution < -0.4 is 10.1 Å². The van der Waals surface area contributed by atoms with Gasteiger partial charge in [0, 0.05) is 23.5 Å². The first-order chi connectivity index (χ1) is 7.53. The number of aryl methyl sites for hydroxylation is 1. The van der Waals surface area contributed by atoms with Crippen LogP contribution in [0.2, 0.25) is 0 Å². The Bertz CT molecular complexity index is 356. The number of hydrogen-bond acceptors (Lipinski definition) is 4. The molecule has 0 aliphatic heterocycles. The number of methoxy groups -OCH3 is 1. The second-order valence-corrected chi connectivity index (χ2v) is 4.36. The van der Waals surface area contributed by atoms with E-state index in [4.69, 9.17) is 27.9 Å². The molecule has 1 aromatic heterocycles. The molecule has 0 amide bonds. The average molecular weight is 264 g/mol. The van der Waals surface area contributed by atoms with Gasteiger partial charge in [-0.3, -0.25) is 0 Å². The number of hydrogen-bond donors (Lipinski definition) is 1. The average Bonchev–Trinajstić information content (AvgIpc) is 2.28. The lowest BCUT2D eigenvalue weighted by molar-refractivity contribution is 0.396. The van der Waals surface area contributed by atoms with Gasteiger partial charge in [-0.25, -0.2) is 4.98 Å². The molecule has 0 unspecified atom stereocenters. The minimum Gasteiger partial charge on any atom is -0.481 e. The summed E-state index contributed by atoms with van der Waals surface area (Å²) in [6.07, 6.45) is 0. The second kappa shape index (κ2) is 5.55. The molecule has 0 radical (unpaired) electrons. The lowest BCUT2D eigenvalue weighted by Crippen LogP contribution is -2.39. The Hall–Kier alpha value is -0.740. The Kier molecular flexibility index (Phi) is 4.62. The molecule has 1 heterocycles. The van der Waals surface area contributed by atoms with Gasteiger partial charge in [0.25, 0.3) is 0 Å². The first-order valence-electron chi connectivity index (χ1n) is 4.83. The van der Waals surface area contributed by atoms with Gasteiger partial charge >= 0.3 is 0 Å². The molecule has 0 atom stereocenters. The molecule has 1 aromatic rings. The van der Waals surface area contributed by atoms with Crippen molar-refractivity contribution in [3.8, 4) is 5.88 Å². The van der Waals surface area contributed by atoms with E-state index in [2.05, 4.69) is 15.3 Å². The number of nitrogens with one attached hydrogen (secondary N) is 1. The lowest BCUT2D eigenvalue weighted by Gasteiger charge is -2.25. The topological polar surface area (TPSA) is 47.0 Å². The molecular formula is C10H15Cl2N3O. The van der Waals surface area contributed by atoms with Gasteiger partial charge in [-0.2, -0.15) is 4.98 Å². The molecule has 0 bridgehead atoms. The van der Waals surface area contributed by atoms with Crippen molar-refractivity contribution >= 4 is 29.2 Å². The van der Waals surface area contributed by atoms with Gasteiger partial charge in [0.2, 0.25) is 11.8 Å². The number of nitrogens with zero attached hydrogens (tertiary/aromatic N) is 2. The zero-order chi connectivity index (χ0) is 12.2. The van der Waals surface area contributed by atoms with E-state index in [1.54, 1.807) is 13.2 Å². The number of rotatable bonds is 5.